The van der Waals surface area contributed by atoms with Gasteiger partial charge in [-0.3, -0.25) is 9.59 Å². The van der Waals surface area contributed by atoms with Crippen LogP contribution in [0.25, 0.3) is 0 Å². The van der Waals surface area contributed by atoms with Crippen LogP contribution >= 0.6 is 0 Å². The minimum Gasteiger partial charge on any atom is -0.481 e. The van der Waals surface area contributed by atoms with Gasteiger partial charge in [0.15, 0.2) is 5.78 Å². The van der Waals surface area contributed by atoms with Crippen LogP contribution in [0.1, 0.15) is 20.3 Å². The maximum atomic E-state index is 10.8. The molecule has 0 amide bonds. The third kappa shape index (κ3) is 3.50. The van der Waals surface area contributed by atoms with E-state index >= 15 is 0 Å². The van der Waals surface area contributed by atoms with E-state index in [1.807, 2.05) is 0 Å². The smallest absolute Gasteiger partial charge is 0.339 e. The van der Waals surface area contributed by atoms with E-state index in [2.05, 4.69) is 0 Å². The lowest BCUT2D eigenvalue weighted by molar-refractivity contribution is -0.136. The molecule has 0 saturated carbocycles. The summed E-state index contributed by atoms with van der Waals surface area (Å²) in [5.41, 5.74) is -0.380. The van der Waals surface area contributed by atoms with Crippen molar-refractivity contribution in [1.29, 1.82) is 0 Å². The van der Waals surface area contributed by atoms with Crippen LogP contribution in [0.2, 0.25) is 0 Å². The number of Topliss-reactive ketones (excluding diaryl/α,β-unsaturated/α-hetero) is 1. The molecule has 0 aromatic carbocycles. The maximum Gasteiger partial charge on any atom is 0.339 e. The van der Waals surface area contributed by atoms with E-state index in [1.165, 1.54) is 6.92 Å². The van der Waals surface area contributed by atoms with Crippen molar-refractivity contribution in [2.45, 2.75) is 20.3 Å². The summed E-state index contributed by atoms with van der Waals surface area (Å²) in [6.07, 6.45) is -0.429. The Morgan fingerprint density at radius 1 is 1.08 bits per heavy atom. The van der Waals surface area contributed by atoms with Crippen LogP contribution in [0.3, 0.4) is 0 Å². The van der Waals surface area contributed by atoms with Crippen molar-refractivity contribution in [3.05, 3.63) is 11.1 Å². The van der Waals surface area contributed by atoms with Gasteiger partial charge < -0.3 is 10.2 Å². The number of hydrogen-bond donors (Lipinski definition) is 2. The first-order valence-corrected chi connectivity index (χ1v) is 3.52. The van der Waals surface area contributed by atoms with E-state index in [-0.39, 0.29) is 5.57 Å². The predicted molar refractivity (Wildman–Crippen MR) is 43.3 cm³/mol. The van der Waals surface area contributed by atoms with Gasteiger partial charge in [0.25, 0.3) is 0 Å². The number of hydrogen-bond acceptors (Lipinski definition) is 3. The molecular formula is C8H10O5. The zero-order valence-electron chi connectivity index (χ0n) is 7.33. The average molecular weight is 186 g/mol. The van der Waals surface area contributed by atoms with Crippen LogP contribution < -0.4 is 0 Å². The molecule has 0 bridgehead atoms. The molecule has 0 spiro atoms. The minimum atomic E-state index is -1.38. The number of rotatable bonds is 4. The molecule has 0 aliphatic heterocycles. The molecule has 0 aromatic heterocycles. The highest BCUT2D eigenvalue weighted by Gasteiger charge is 2.17. The first-order chi connectivity index (χ1) is 5.86. The monoisotopic (exact) mass is 186 g/mol. The van der Waals surface area contributed by atoms with Crippen LogP contribution in [-0.2, 0) is 14.4 Å². The summed E-state index contributed by atoms with van der Waals surface area (Å²) >= 11 is 0. The van der Waals surface area contributed by atoms with Gasteiger partial charge in [-0.1, -0.05) is 0 Å². The van der Waals surface area contributed by atoms with Crippen molar-refractivity contribution in [3.8, 4) is 0 Å². The van der Waals surface area contributed by atoms with Gasteiger partial charge in [-0.05, 0) is 19.4 Å². The largest absolute Gasteiger partial charge is 0.481 e. The molecule has 0 atom stereocenters. The van der Waals surface area contributed by atoms with Crippen molar-refractivity contribution in [1.82, 2.24) is 0 Å². The van der Waals surface area contributed by atoms with Crippen molar-refractivity contribution in [2.75, 3.05) is 0 Å². The molecule has 72 valence electrons. The van der Waals surface area contributed by atoms with Crippen molar-refractivity contribution >= 4 is 17.7 Å². The minimum absolute atomic E-state index is 0.0625. The zero-order valence-corrected chi connectivity index (χ0v) is 7.33. The normalized spacial score (nSPS) is 11.8. The number of carboxylic acid groups (broad SMARTS) is 2. The summed E-state index contributed by atoms with van der Waals surface area (Å²) in [4.78, 5) is 31.5. The molecule has 0 aliphatic carbocycles. The van der Waals surface area contributed by atoms with E-state index in [0.29, 0.717) is 0 Å². The summed E-state index contributed by atoms with van der Waals surface area (Å²) < 4.78 is 0. The second-order valence-electron chi connectivity index (χ2n) is 2.59. The van der Waals surface area contributed by atoms with Crippen molar-refractivity contribution in [3.63, 3.8) is 0 Å². The molecule has 0 fully saturated rings. The third-order valence-electron chi connectivity index (χ3n) is 1.41. The fourth-order valence-corrected chi connectivity index (χ4v) is 0.949. The molecule has 5 heteroatoms. The Morgan fingerprint density at radius 2 is 1.54 bits per heavy atom. The van der Waals surface area contributed by atoms with Gasteiger partial charge in [0.2, 0.25) is 0 Å². The second kappa shape index (κ2) is 4.39. The molecule has 0 aromatic rings. The lowest BCUT2D eigenvalue weighted by Gasteiger charge is -2.01. The van der Waals surface area contributed by atoms with Gasteiger partial charge in [-0.25, -0.2) is 4.79 Å². The molecule has 0 heterocycles. The standard InChI is InChI=1S/C8H10O5/c1-4(3-6(10)11)7(5(2)9)8(12)13/h3H2,1-2H3,(H,10,11)(H,12,13). The van der Waals surface area contributed by atoms with Crippen LogP contribution in [0.15, 0.2) is 11.1 Å². The fourth-order valence-electron chi connectivity index (χ4n) is 0.949. The molecule has 0 radical (unpaired) electrons. The van der Waals surface area contributed by atoms with Crippen LogP contribution in [0, 0.1) is 0 Å². The molecule has 0 aliphatic rings. The number of carbonyl (C=O) groups is 3. The van der Waals surface area contributed by atoms with E-state index in [1.54, 1.807) is 0 Å². The molecule has 5 nitrogen and oxygen atoms in total. The number of carboxylic acids is 2. The number of aliphatic carboxylic acids is 2. The van der Waals surface area contributed by atoms with Crippen molar-refractivity contribution < 1.29 is 24.6 Å². The molecule has 0 rings (SSSR count). The Labute approximate surface area is 74.7 Å². The topological polar surface area (TPSA) is 91.7 Å². The lowest BCUT2D eigenvalue weighted by atomic mass is 10.0. The second-order valence-corrected chi connectivity index (χ2v) is 2.59. The first-order valence-electron chi connectivity index (χ1n) is 3.52. The summed E-state index contributed by atoms with van der Waals surface area (Å²) in [5, 5.41) is 16.9. The SMILES string of the molecule is CC(=O)C(C(=O)O)=C(C)CC(=O)O. The summed E-state index contributed by atoms with van der Waals surface area (Å²) in [6, 6.07) is 0. The Morgan fingerprint density at radius 3 is 1.77 bits per heavy atom. The van der Waals surface area contributed by atoms with Gasteiger partial charge in [-0.15, -0.1) is 0 Å². The Bertz CT molecular complexity index is 271. The Hall–Kier alpha value is -1.65. The highest BCUT2D eigenvalue weighted by atomic mass is 16.4. The predicted octanol–water partition coefficient (Wildman–Crippen LogP) is 0.451. The molecular weight excluding hydrogens is 176 g/mol. The molecule has 0 unspecified atom stereocenters. The van der Waals surface area contributed by atoms with E-state index < -0.39 is 29.7 Å². The average Bonchev–Trinajstić information content (AvgIpc) is 1.81. The Kier molecular flexibility index (Phi) is 3.84. The highest BCUT2D eigenvalue weighted by molar-refractivity contribution is 6.16. The maximum absolute atomic E-state index is 10.8. The third-order valence-corrected chi connectivity index (χ3v) is 1.41. The Balaban J connectivity index is 4.98. The zero-order chi connectivity index (χ0) is 10.6. The van der Waals surface area contributed by atoms with Crippen LogP contribution in [0.4, 0.5) is 0 Å². The van der Waals surface area contributed by atoms with E-state index in [4.69, 9.17) is 10.2 Å². The molecule has 0 saturated heterocycles. The van der Waals surface area contributed by atoms with Gasteiger partial charge >= 0.3 is 11.9 Å². The van der Waals surface area contributed by atoms with E-state index in [0.717, 1.165) is 6.92 Å². The quantitative estimate of drug-likeness (QED) is 0.378. The first kappa shape index (κ1) is 11.4. The van der Waals surface area contributed by atoms with Gasteiger partial charge in [0.05, 0.1) is 6.42 Å². The summed E-state index contributed by atoms with van der Waals surface area (Å²) in [5.74, 6) is -3.17. The summed E-state index contributed by atoms with van der Waals surface area (Å²) in [7, 11) is 0. The van der Waals surface area contributed by atoms with E-state index in [9.17, 15) is 14.4 Å². The van der Waals surface area contributed by atoms with Crippen LogP contribution in [-0.4, -0.2) is 27.9 Å². The number of carbonyl (C=O) groups excluding carboxylic acids is 1. The summed E-state index contributed by atoms with van der Waals surface area (Å²) in [6.45, 7) is 2.41. The van der Waals surface area contributed by atoms with Gasteiger partial charge in [0.1, 0.15) is 5.57 Å². The van der Waals surface area contributed by atoms with Crippen molar-refractivity contribution in [2.24, 2.45) is 0 Å². The fraction of sp³-hybridized carbons (Fsp3) is 0.375. The number of ketones is 1. The highest BCUT2D eigenvalue weighted by Crippen LogP contribution is 2.09. The van der Waals surface area contributed by atoms with Gasteiger partial charge in [-0.2, -0.15) is 0 Å². The molecule has 13 heavy (non-hydrogen) atoms. The molecule has 2 N–H and O–H groups in total. The lowest BCUT2D eigenvalue weighted by Crippen LogP contribution is -2.12. The van der Waals surface area contributed by atoms with Crippen LogP contribution in [0.5, 0.6) is 0 Å². The van der Waals surface area contributed by atoms with Gasteiger partial charge in [0, 0.05) is 0 Å².